The van der Waals surface area contributed by atoms with Crippen LogP contribution in [0.5, 0.6) is 0 Å². The minimum atomic E-state index is -0.131. The Labute approximate surface area is 130 Å². The van der Waals surface area contributed by atoms with Gasteiger partial charge in [0.1, 0.15) is 9.71 Å². The first-order valence-corrected chi connectivity index (χ1v) is 8.24. The van der Waals surface area contributed by atoms with E-state index in [0.29, 0.717) is 10.6 Å². The van der Waals surface area contributed by atoms with Gasteiger partial charge in [-0.15, -0.1) is 22.7 Å². The molecule has 1 amide bonds. The molecule has 1 unspecified atom stereocenters. The molecule has 3 heterocycles. The molecule has 0 aliphatic heterocycles. The maximum atomic E-state index is 12.5. The van der Waals surface area contributed by atoms with Crippen molar-refractivity contribution in [2.45, 2.75) is 19.9 Å². The number of rotatable bonds is 3. The predicted octanol–water partition coefficient (Wildman–Crippen LogP) is 3.08. The molecule has 0 saturated heterocycles. The minimum Gasteiger partial charge on any atom is -0.397 e. The molecule has 1 atom stereocenters. The fraction of sp³-hybridized carbons (Fsp3) is 0.286. The number of aryl methyl sites for hydroxylation is 2. The number of carbonyl (C=O) groups excluding carboxylic acids is 1. The van der Waals surface area contributed by atoms with Crippen LogP contribution >= 0.6 is 22.7 Å². The largest absolute Gasteiger partial charge is 0.397 e. The molecule has 0 aliphatic rings. The van der Waals surface area contributed by atoms with Gasteiger partial charge in [0.2, 0.25) is 0 Å². The summed E-state index contributed by atoms with van der Waals surface area (Å²) in [4.78, 5) is 15.1. The Morgan fingerprint density at radius 3 is 2.90 bits per heavy atom. The van der Waals surface area contributed by atoms with Crippen molar-refractivity contribution < 1.29 is 4.79 Å². The number of thiophene rings is 2. The molecule has 0 fully saturated rings. The number of nitrogen functional groups attached to an aromatic ring is 1. The standard InChI is InChI=1S/C14H16N4OS2/c1-7(9-5-4-6-20-9)16-13(19)12-11(15)10-8(2)17-18(3)14(10)21-12/h4-7H,15H2,1-3H3,(H,16,19). The van der Waals surface area contributed by atoms with Gasteiger partial charge in [-0.25, -0.2) is 0 Å². The second-order valence-electron chi connectivity index (χ2n) is 4.94. The molecule has 0 saturated carbocycles. The van der Waals surface area contributed by atoms with Gasteiger partial charge in [-0.1, -0.05) is 6.07 Å². The maximum absolute atomic E-state index is 12.5. The van der Waals surface area contributed by atoms with Crippen LogP contribution < -0.4 is 11.1 Å². The third-order valence-electron chi connectivity index (χ3n) is 3.41. The fourth-order valence-electron chi connectivity index (χ4n) is 2.37. The fourth-order valence-corrected chi connectivity index (χ4v) is 4.19. The molecule has 3 aromatic rings. The van der Waals surface area contributed by atoms with E-state index in [1.54, 1.807) is 16.0 Å². The first-order chi connectivity index (χ1) is 9.99. The van der Waals surface area contributed by atoms with E-state index >= 15 is 0 Å². The highest BCUT2D eigenvalue weighted by Crippen LogP contribution is 2.35. The Hall–Kier alpha value is -1.86. The van der Waals surface area contributed by atoms with Crippen LogP contribution in [0.3, 0.4) is 0 Å². The van der Waals surface area contributed by atoms with Crippen LogP contribution in [0.15, 0.2) is 17.5 Å². The highest BCUT2D eigenvalue weighted by molar-refractivity contribution is 7.21. The number of hydrogen-bond acceptors (Lipinski definition) is 5. The highest BCUT2D eigenvalue weighted by atomic mass is 32.1. The Bertz CT molecular complexity index is 801. The molecule has 21 heavy (non-hydrogen) atoms. The number of hydrogen-bond donors (Lipinski definition) is 2. The van der Waals surface area contributed by atoms with Crippen molar-refractivity contribution in [3.05, 3.63) is 33.0 Å². The molecule has 0 radical (unpaired) electrons. The summed E-state index contributed by atoms with van der Waals surface area (Å²) in [6, 6.07) is 3.96. The molecule has 110 valence electrons. The predicted molar refractivity (Wildman–Crippen MR) is 87.9 cm³/mol. The van der Waals surface area contributed by atoms with E-state index in [2.05, 4.69) is 10.4 Å². The average Bonchev–Trinajstić information content (AvgIpc) is 3.10. The van der Waals surface area contributed by atoms with Gasteiger partial charge in [0.05, 0.1) is 22.8 Å². The lowest BCUT2D eigenvalue weighted by molar-refractivity contribution is 0.0945. The van der Waals surface area contributed by atoms with Gasteiger partial charge in [-0.3, -0.25) is 9.48 Å². The van der Waals surface area contributed by atoms with Crippen molar-refractivity contribution in [2.24, 2.45) is 7.05 Å². The van der Waals surface area contributed by atoms with Gasteiger partial charge < -0.3 is 11.1 Å². The summed E-state index contributed by atoms with van der Waals surface area (Å²) in [5, 5.41) is 10.2. The van der Waals surface area contributed by atoms with Crippen LogP contribution in [0, 0.1) is 6.92 Å². The first-order valence-electron chi connectivity index (χ1n) is 6.55. The molecule has 0 spiro atoms. The molecule has 3 N–H and O–H groups in total. The molecular formula is C14H16N4OS2. The van der Waals surface area contributed by atoms with Crippen molar-refractivity contribution >= 4 is 44.5 Å². The zero-order valence-corrected chi connectivity index (χ0v) is 13.6. The quantitative estimate of drug-likeness (QED) is 0.779. The molecule has 5 nitrogen and oxygen atoms in total. The Balaban J connectivity index is 1.91. The lowest BCUT2D eigenvalue weighted by atomic mass is 10.2. The number of nitrogens with two attached hydrogens (primary N) is 1. The van der Waals surface area contributed by atoms with Crippen molar-refractivity contribution in [3.8, 4) is 0 Å². The number of amides is 1. The third-order valence-corrected chi connectivity index (χ3v) is 5.73. The SMILES string of the molecule is Cc1nn(C)c2sc(C(=O)NC(C)c3cccs3)c(N)c12. The highest BCUT2D eigenvalue weighted by Gasteiger charge is 2.22. The topological polar surface area (TPSA) is 72.9 Å². The van der Waals surface area contributed by atoms with Crippen molar-refractivity contribution in [1.82, 2.24) is 15.1 Å². The molecular weight excluding hydrogens is 304 g/mol. The minimum absolute atomic E-state index is 0.0265. The average molecular weight is 320 g/mol. The zero-order chi connectivity index (χ0) is 15.1. The molecule has 3 rings (SSSR count). The van der Waals surface area contributed by atoms with Crippen LogP contribution in [-0.2, 0) is 7.05 Å². The number of carbonyl (C=O) groups is 1. The normalized spacial score (nSPS) is 12.7. The monoisotopic (exact) mass is 320 g/mol. The van der Waals surface area contributed by atoms with Gasteiger partial charge in [0.15, 0.2) is 0 Å². The van der Waals surface area contributed by atoms with Gasteiger partial charge in [-0.05, 0) is 25.3 Å². The van der Waals surface area contributed by atoms with E-state index in [0.717, 1.165) is 20.8 Å². The molecule has 0 bridgehead atoms. The lowest BCUT2D eigenvalue weighted by Gasteiger charge is -2.11. The summed E-state index contributed by atoms with van der Waals surface area (Å²) in [7, 11) is 1.86. The molecule has 0 aromatic carbocycles. The van der Waals surface area contributed by atoms with E-state index in [4.69, 9.17) is 5.73 Å². The summed E-state index contributed by atoms with van der Waals surface area (Å²) in [6.07, 6.45) is 0. The van der Waals surface area contributed by atoms with Crippen LogP contribution in [0.1, 0.15) is 33.2 Å². The van der Waals surface area contributed by atoms with E-state index in [9.17, 15) is 4.79 Å². The molecule has 3 aromatic heterocycles. The summed E-state index contributed by atoms with van der Waals surface area (Å²) < 4.78 is 1.77. The van der Waals surface area contributed by atoms with Gasteiger partial charge in [0, 0.05) is 11.9 Å². The number of nitrogens with one attached hydrogen (secondary N) is 1. The Morgan fingerprint density at radius 2 is 2.29 bits per heavy atom. The van der Waals surface area contributed by atoms with Gasteiger partial charge in [-0.2, -0.15) is 5.10 Å². The van der Waals surface area contributed by atoms with E-state index in [-0.39, 0.29) is 11.9 Å². The maximum Gasteiger partial charge on any atom is 0.264 e. The smallest absolute Gasteiger partial charge is 0.264 e. The lowest BCUT2D eigenvalue weighted by Crippen LogP contribution is -2.25. The summed E-state index contributed by atoms with van der Waals surface area (Å²) in [6.45, 7) is 3.88. The number of aromatic nitrogens is 2. The first kappa shape index (κ1) is 14.1. The van der Waals surface area contributed by atoms with E-state index in [1.807, 2.05) is 38.4 Å². The summed E-state index contributed by atoms with van der Waals surface area (Å²) >= 11 is 3.01. The summed E-state index contributed by atoms with van der Waals surface area (Å²) in [5.41, 5.74) is 7.53. The number of nitrogens with zero attached hydrogens (tertiary/aromatic N) is 2. The molecule has 7 heteroatoms. The third kappa shape index (κ3) is 2.32. The van der Waals surface area contributed by atoms with Crippen molar-refractivity contribution in [3.63, 3.8) is 0 Å². The Kier molecular flexibility index (Phi) is 3.46. The van der Waals surface area contributed by atoms with Crippen molar-refractivity contribution in [1.29, 1.82) is 0 Å². The van der Waals surface area contributed by atoms with Crippen LogP contribution in [-0.4, -0.2) is 15.7 Å². The number of fused-ring (bicyclic) bond motifs is 1. The van der Waals surface area contributed by atoms with Gasteiger partial charge in [0.25, 0.3) is 5.91 Å². The van der Waals surface area contributed by atoms with E-state index in [1.165, 1.54) is 11.3 Å². The van der Waals surface area contributed by atoms with Crippen LogP contribution in [0.4, 0.5) is 5.69 Å². The molecule has 0 aliphatic carbocycles. The van der Waals surface area contributed by atoms with E-state index < -0.39 is 0 Å². The van der Waals surface area contributed by atoms with Gasteiger partial charge >= 0.3 is 0 Å². The van der Waals surface area contributed by atoms with Crippen LogP contribution in [0.2, 0.25) is 0 Å². The Morgan fingerprint density at radius 1 is 1.52 bits per heavy atom. The van der Waals surface area contributed by atoms with Crippen molar-refractivity contribution in [2.75, 3.05) is 5.73 Å². The number of anilines is 1. The second kappa shape index (κ2) is 5.16. The van der Waals surface area contributed by atoms with Crippen LogP contribution in [0.25, 0.3) is 10.2 Å². The summed E-state index contributed by atoms with van der Waals surface area (Å²) in [5.74, 6) is -0.131. The second-order valence-corrected chi connectivity index (χ2v) is 6.92. The zero-order valence-electron chi connectivity index (χ0n) is 12.0.